The van der Waals surface area contributed by atoms with Gasteiger partial charge in [0, 0.05) is 24.8 Å². The zero-order valence-electron chi connectivity index (χ0n) is 16.0. The predicted molar refractivity (Wildman–Crippen MR) is 102 cm³/mol. The first kappa shape index (κ1) is 19.6. The number of carbonyl (C=O) groups excluding carboxylic acids is 1. The zero-order valence-corrected chi connectivity index (χ0v) is 16.0. The summed E-state index contributed by atoms with van der Waals surface area (Å²) >= 11 is 0. The SMILES string of the molecule is COCC(C)N(Cc1cccc(F)c1)C(=O)c1ccc(-c2nnn(C)n2)cc1. The second-order valence-corrected chi connectivity index (χ2v) is 6.55. The van der Waals surface area contributed by atoms with Crippen molar-refractivity contribution in [1.82, 2.24) is 25.1 Å². The molecular weight excluding hydrogens is 361 g/mol. The Balaban J connectivity index is 1.83. The minimum atomic E-state index is -0.329. The quantitative estimate of drug-likeness (QED) is 0.627. The molecule has 28 heavy (non-hydrogen) atoms. The van der Waals surface area contributed by atoms with E-state index in [-0.39, 0.29) is 24.3 Å². The fraction of sp³-hybridized carbons (Fsp3) is 0.300. The van der Waals surface area contributed by atoms with Crippen molar-refractivity contribution in [3.63, 3.8) is 0 Å². The van der Waals surface area contributed by atoms with Gasteiger partial charge in [0.25, 0.3) is 5.91 Å². The van der Waals surface area contributed by atoms with Gasteiger partial charge in [0.15, 0.2) is 0 Å². The van der Waals surface area contributed by atoms with Crippen LogP contribution in [0.25, 0.3) is 11.4 Å². The fourth-order valence-corrected chi connectivity index (χ4v) is 2.92. The molecular formula is C20H22FN5O2. The van der Waals surface area contributed by atoms with Crippen molar-refractivity contribution >= 4 is 5.91 Å². The van der Waals surface area contributed by atoms with Gasteiger partial charge in [0.2, 0.25) is 5.82 Å². The topological polar surface area (TPSA) is 73.1 Å². The number of aromatic nitrogens is 4. The van der Waals surface area contributed by atoms with Crippen molar-refractivity contribution in [3.8, 4) is 11.4 Å². The van der Waals surface area contributed by atoms with Crippen molar-refractivity contribution in [1.29, 1.82) is 0 Å². The molecule has 0 bridgehead atoms. The molecule has 1 heterocycles. The van der Waals surface area contributed by atoms with Gasteiger partial charge in [-0.05, 0) is 42.0 Å². The van der Waals surface area contributed by atoms with E-state index in [1.54, 1.807) is 55.5 Å². The van der Waals surface area contributed by atoms with Crippen LogP contribution in [0, 0.1) is 5.82 Å². The van der Waals surface area contributed by atoms with Crippen molar-refractivity contribution in [2.24, 2.45) is 7.05 Å². The third-order valence-corrected chi connectivity index (χ3v) is 4.34. The Bertz CT molecular complexity index is 942. The minimum absolute atomic E-state index is 0.160. The Kier molecular flexibility index (Phi) is 6.10. The second kappa shape index (κ2) is 8.71. The molecule has 0 saturated heterocycles. The number of aryl methyl sites for hydroxylation is 1. The highest BCUT2D eigenvalue weighted by atomic mass is 19.1. The molecule has 1 atom stereocenters. The molecule has 0 fully saturated rings. The highest BCUT2D eigenvalue weighted by Crippen LogP contribution is 2.18. The van der Waals surface area contributed by atoms with Crippen LogP contribution in [-0.2, 0) is 18.3 Å². The fourth-order valence-electron chi connectivity index (χ4n) is 2.92. The first-order chi connectivity index (χ1) is 13.5. The van der Waals surface area contributed by atoms with Crippen molar-refractivity contribution in [2.45, 2.75) is 19.5 Å². The van der Waals surface area contributed by atoms with Gasteiger partial charge in [-0.15, -0.1) is 10.2 Å². The molecule has 7 nitrogen and oxygen atoms in total. The molecule has 1 aromatic heterocycles. The smallest absolute Gasteiger partial charge is 0.254 e. The summed E-state index contributed by atoms with van der Waals surface area (Å²) in [5.74, 6) is 0.00319. The normalized spacial score (nSPS) is 12.0. The third kappa shape index (κ3) is 4.58. The summed E-state index contributed by atoms with van der Waals surface area (Å²) in [4.78, 5) is 16.2. The molecule has 0 saturated carbocycles. The number of halogens is 1. The van der Waals surface area contributed by atoms with E-state index in [1.165, 1.54) is 16.9 Å². The maximum Gasteiger partial charge on any atom is 0.254 e. The van der Waals surface area contributed by atoms with Crippen LogP contribution in [-0.4, -0.2) is 50.8 Å². The van der Waals surface area contributed by atoms with E-state index in [1.807, 2.05) is 6.92 Å². The molecule has 2 aromatic carbocycles. The summed E-state index contributed by atoms with van der Waals surface area (Å²) in [7, 11) is 3.28. The lowest BCUT2D eigenvalue weighted by molar-refractivity contribution is 0.0542. The molecule has 0 N–H and O–H groups in total. The maximum absolute atomic E-state index is 13.6. The number of nitrogens with zero attached hydrogens (tertiary/aromatic N) is 5. The monoisotopic (exact) mass is 383 g/mol. The molecule has 1 unspecified atom stereocenters. The first-order valence-electron chi connectivity index (χ1n) is 8.86. The standard InChI is InChI=1S/C20H22FN5O2/c1-14(13-28-3)26(12-15-5-4-6-18(21)11-15)20(27)17-9-7-16(8-10-17)19-22-24-25(2)23-19/h4-11,14H,12-13H2,1-3H3. The molecule has 0 radical (unpaired) electrons. The van der Waals surface area contributed by atoms with Crippen LogP contribution in [0.4, 0.5) is 4.39 Å². The van der Waals surface area contributed by atoms with Crippen LogP contribution in [0.1, 0.15) is 22.8 Å². The lowest BCUT2D eigenvalue weighted by Gasteiger charge is -2.29. The van der Waals surface area contributed by atoms with Crippen LogP contribution in [0.3, 0.4) is 0 Å². The number of benzene rings is 2. The van der Waals surface area contributed by atoms with Gasteiger partial charge in [0.05, 0.1) is 19.7 Å². The predicted octanol–water partition coefficient (Wildman–Crippen LogP) is 2.69. The van der Waals surface area contributed by atoms with Gasteiger partial charge < -0.3 is 9.64 Å². The number of hydrogen-bond acceptors (Lipinski definition) is 5. The number of amides is 1. The summed E-state index contributed by atoms with van der Waals surface area (Å²) < 4.78 is 18.8. The Morgan fingerprint density at radius 3 is 2.61 bits per heavy atom. The number of carbonyl (C=O) groups is 1. The number of tetrazole rings is 1. The number of methoxy groups -OCH3 is 1. The van der Waals surface area contributed by atoms with E-state index in [0.29, 0.717) is 18.0 Å². The maximum atomic E-state index is 13.6. The Morgan fingerprint density at radius 2 is 2.00 bits per heavy atom. The van der Waals surface area contributed by atoms with Crippen molar-refractivity contribution in [3.05, 3.63) is 65.5 Å². The average Bonchev–Trinajstić information content (AvgIpc) is 3.12. The Labute approximate surface area is 162 Å². The summed E-state index contributed by atoms with van der Waals surface area (Å²) in [5.41, 5.74) is 2.01. The van der Waals surface area contributed by atoms with E-state index in [4.69, 9.17) is 4.74 Å². The minimum Gasteiger partial charge on any atom is -0.383 e. The molecule has 3 rings (SSSR count). The highest BCUT2D eigenvalue weighted by molar-refractivity contribution is 5.94. The lowest BCUT2D eigenvalue weighted by atomic mass is 10.1. The molecule has 0 aliphatic rings. The summed E-state index contributed by atoms with van der Waals surface area (Å²) in [6, 6.07) is 13.1. The molecule has 1 amide bonds. The largest absolute Gasteiger partial charge is 0.383 e. The molecule has 3 aromatic rings. The zero-order chi connectivity index (χ0) is 20.1. The molecule has 146 valence electrons. The molecule has 0 spiro atoms. The van der Waals surface area contributed by atoms with Crippen LogP contribution in [0.5, 0.6) is 0 Å². The summed E-state index contributed by atoms with van der Waals surface area (Å²) in [5, 5.41) is 11.9. The van der Waals surface area contributed by atoms with Gasteiger partial charge in [-0.1, -0.05) is 24.3 Å². The lowest BCUT2D eigenvalue weighted by Crippen LogP contribution is -2.40. The number of rotatable bonds is 7. The van der Waals surface area contributed by atoms with Crippen LogP contribution < -0.4 is 0 Å². The highest BCUT2D eigenvalue weighted by Gasteiger charge is 2.22. The Morgan fingerprint density at radius 1 is 1.25 bits per heavy atom. The summed E-state index contributed by atoms with van der Waals surface area (Å²) in [6.45, 7) is 2.57. The third-order valence-electron chi connectivity index (χ3n) is 4.34. The van der Waals surface area contributed by atoms with E-state index >= 15 is 0 Å². The van der Waals surface area contributed by atoms with Crippen molar-refractivity contribution < 1.29 is 13.9 Å². The van der Waals surface area contributed by atoms with Crippen LogP contribution in [0.2, 0.25) is 0 Å². The van der Waals surface area contributed by atoms with Gasteiger partial charge in [-0.2, -0.15) is 4.80 Å². The van der Waals surface area contributed by atoms with Gasteiger partial charge in [-0.25, -0.2) is 4.39 Å². The van der Waals surface area contributed by atoms with E-state index < -0.39 is 0 Å². The number of ether oxygens (including phenoxy) is 1. The molecule has 0 aliphatic carbocycles. The summed E-state index contributed by atoms with van der Waals surface area (Å²) in [6.07, 6.45) is 0. The van der Waals surface area contributed by atoms with E-state index in [2.05, 4.69) is 15.4 Å². The van der Waals surface area contributed by atoms with Crippen LogP contribution >= 0.6 is 0 Å². The molecule has 0 aliphatic heterocycles. The van der Waals surface area contributed by atoms with E-state index in [9.17, 15) is 9.18 Å². The number of hydrogen-bond donors (Lipinski definition) is 0. The molecule has 8 heteroatoms. The van der Waals surface area contributed by atoms with Crippen molar-refractivity contribution in [2.75, 3.05) is 13.7 Å². The first-order valence-corrected chi connectivity index (χ1v) is 8.86. The Hall–Kier alpha value is -3.13. The van der Waals surface area contributed by atoms with Gasteiger partial charge in [-0.3, -0.25) is 4.79 Å². The second-order valence-electron chi connectivity index (χ2n) is 6.55. The average molecular weight is 383 g/mol. The van der Waals surface area contributed by atoms with E-state index in [0.717, 1.165) is 11.1 Å². The van der Waals surface area contributed by atoms with Gasteiger partial charge >= 0.3 is 0 Å². The van der Waals surface area contributed by atoms with Crippen LogP contribution in [0.15, 0.2) is 48.5 Å². The van der Waals surface area contributed by atoms with Gasteiger partial charge in [0.1, 0.15) is 5.82 Å².